The van der Waals surface area contributed by atoms with Gasteiger partial charge in [0.05, 0.1) is 0 Å². The van der Waals surface area contributed by atoms with Gasteiger partial charge in [0, 0.05) is 0 Å². The van der Waals surface area contributed by atoms with Crippen LogP contribution in [0.3, 0.4) is 0 Å². The molecule has 0 saturated carbocycles. The molecule has 6 aromatic carbocycles. The molecule has 55 heavy (non-hydrogen) atoms. The fourth-order valence-corrected chi connectivity index (χ4v) is 6.82. The zero-order valence-electron chi connectivity index (χ0n) is 32.1. The fraction of sp³-hybridized carbons (Fsp3) is 0.250. The van der Waals surface area contributed by atoms with Crippen molar-refractivity contribution in [3.63, 3.8) is 0 Å². The molecule has 0 aromatic heterocycles. The summed E-state index contributed by atoms with van der Waals surface area (Å²) in [4.78, 5) is 3.77. The van der Waals surface area contributed by atoms with Crippen molar-refractivity contribution < 1.29 is 42.1 Å². The van der Waals surface area contributed by atoms with Crippen molar-refractivity contribution in [2.45, 2.75) is 49.3 Å². The van der Waals surface area contributed by atoms with E-state index in [-0.39, 0.29) is 46.9 Å². The molecule has 0 aliphatic heterocycles. The van der Waals surface area contributed by atoms with E-state index in [0.717, 1.165) is 11.1 Å². The third kappa shape index (κ3) is 11.0. The van der Waals surface area contributed by atoms with Crippen molar-refractivity contribution in [2.24, 2.45) is 0 Å². The smallest absolute Gasteiger partial charge is 0.847 e. The maximum Gasteiger partial charge on any atom is 4.00 e. The Morgan fingerprint density at radius 1 is 0.400 bits per heavy atom. The first-order valence-corrected chi connectivity index (χ1v) is 18.5. The standard InChI is InChI=1S/2C24H25NO2.Ti/c2*1-19(23(26)20-12-6-3-7-13-20)25(2)18-24(27,21-14-8-4-9-15-21)22-16-10-5-11-17-22;/h2*3-17,19,23H,18H2,1-2H3;/q2*-2;+4/t2*19-,23-;/m00./s1. The van der Waals surface area contributed by atoms with Gasteiger partial charge in [-0.1, -0.05) is 241 Å². The quantitative estimate of drug-likeness (QED) is 0.138. The summed E-state index contributed by atoms with van der Waals surface area (Å²) in [6.07, 6.45) is -1.82. The summed E-state index contributed by atoms with van der Waals surface area (Å²) >= 11 is 0. The van der Waals surface area contributed by atoms with Crippen LogP contribution in [0, 0.1) is 0 Å². The minimum atomic E-state index is -1.44. The Bertz CT molecular complexity index is 1710. The monoisotopic (exact) mass is 766 g/mol. The van der Waals surface area contributed by atoms with Crippen LogP contribution in [0.2, 0.25) is 0 Å². The van der Waals surface area contributed by atoms with E-state index >= 15 is 0 Å². The molecule has 0 unspecified atom stereocenters. The minimum Gasteiger partial charge on any atom is -0.847 e. The van der Waals surface area contributed by atoms with Gasteiger partial charge in [-0.15, -0.1) is 0 Å². The molecule has 0 N–H and O–H groups in total. The second-order valence-electron chi connectivity index (χ2n) is 14.1. The van der Waals surface area contributed by atoms with E-state index in [1.165, 1.54) is 0 Å². The first-order valence-electron chi connectivity index (χ1n) is 18.5. The van der Waals surface area contributed by atoms with Crippen molar-refractivity contribution in [3.8, 4) is 0 Å². The van der Waals surface area contributed by atoms with Crippen LogP contribution in [0.4, 0.5) is 0 Å². The Morgan fingerprint density at radius 2 is 0.600 bits per heavy atom. The molecule has 6 nitrogen and oxygen atoms in total. The molecule has 6 rings (SSSR count). The zero-order valence-corrected chi connectivity index (χ0v) is 33.6. The van der Waals surface area contributed by atoms with E-state index in [1.54, 1.807) is 0 Å². The van der Waals surface area contributed by atoms with Crippen molar-refractivity contribution in [2.75, 3.05) is 27.2 Å². The van der Waals surface area contributed by atoms with Gasteiger partial charge in [0.15, 0.2) is 0 Å². The van der Waals surface area contributed by atoms with Gasteiger partial charge in [-0.25, -0.2) is 0 Å². The van der Waals surface area contributed by atoms with Crippen LogP contribution in [0.1, 0.15) is 59.4 Å². The Balaban J connectivity index is 0.000000240. The Labute approximate surface area is 342 Å². The molecule has 0 heterocycles. The van der Waals surface area contributed by atoms with Crippen LogP contribution >= 0.6 is 0 Å². The minimum absolute atomic E-state index is 0. The molecular formula is C48H50N2O4Ti. The number of hydrogen-bond acceptors (Lipinski definition) is 6. The van der Waals surface area contributed by atoms with Crippen LogP contribution in [-0.4, -0.2) is 49.1 Å². The summed E-state index contributed by atoms with van der Waals surface area (Å²) in [7, 11) is 3.72. The molecule has 0 aliphatic rings. The summed E-state index contributed by atoms with van der Waals surface area (Å²) in [5.41, 5.74) is 1.43. The van der Waals surface area contributed by atoms with Crippen molar-refractivity contribution >= 4 is 0 Å². The molecule has 0 bridgehead atoms. The van der Waals surface area contributed by atoms with Gasteiger partial charge in [0.2, 0.25) is 0 Å². The van der Waals surface area contributed by atoms with E-state index in [2.05, 4.69) is 0 Å². The second-order valence-corrected chi connectivity index (χ2v) is 14.1. The molecule has 7 heteroatoms. The van der Waals surface area contributed by atoms with Gasteiger partial charge < -0.3 is 30.2 Å². The van der Waals surface area contributed by atoms with Crippen molar-refractivity contribution in [1.29, 1.82) is 0 Å². The summed E-state index contributed by atoms with van der Waals surface area (Å²) in [6.45, 7) is 4.21. The zero-order chi connectivity index (χ0) is 38.6. The Morgan fingerprint density at radius 3 is 0.818 bits per heavy atom. The summed E-state index contributed by atoms with van der Waals surface area (Å²) in [5, 5.41) is 53.8. The van der Waals surface area contributed by atoms with Crippen LogP contribution < -0.4 is 20.4 Å². The van der Waals surface area contributed by atoms with E-state index in [1.807, 2.05) is 220 Å². The maximum atomic E-state index is 14.0. The van der Waals surface area contributed by atoms with Crippen molar-refractivity contribution in [3.05, 3.63) is 215 Å². The van der Waals surface area contributed by atoms with Gasteiger partial charge >= 0.3 is 21.7 Å². The first kappa shape index (κ1) is 43.5. The largest absolute Gasteiger partial charge is 4.00 e. The number of benzene rings is 6. The summed E-state index contributed by atoms with van der Waals surface area (Å²) in [5.74, 6) is 0. The molecule has 0 amide bonds. The Kier molecular flexibility index (Phi) is 16.3. The molecular weight excluding hydrogens is 716 g/mol. The predicted octanol–water partition coefficient (Wildman–Crippen LogP) is 5.42. The van der Waals surface area contributed by atoms with Crippen LogP contribution in [0.25, 0.3) is 0 Å². The van der Waals surface area contributed by atoms with Gasteiger partial charge in [-0.3, -0.25) is 0 Å². The van der Waals surface area contributed by atoms with Gasteiger partial charge in [-0.2, -0.15) is 0 Å². The molecule has 6 aromatic rings. The van der Waals surface area contributed by atoms with E-state index < -0.39 is 23.4 Å². The third-order valence-electron chi connectivity index (χ3n) is 10.4. The number of rotatable bonds is 14. The van der Waals surface area contributed by atoms with Gasteiger partial charge in [-0.05, 0) is 50.5 Å². The van der Waals surface area contributed by atoms with Crippen LogP contribution in [0.15, 0.2) is 182 Å². The molecule has 0 aliphatic carbocycles. The van der Waals surface area contributed by atoms with E-state index in [9.17, 15) is 20.4 Å². The number of hydrogen-bond donors (Lipinski definition) is 0. The SMILES string of the molecule is C[C@@H]([C@H]([O-])c1ccccc1)N(C)CC([O-])(c1ccccc1)c1ccccc1.C[C@@H]([C@H]([O-])c1ccccc1)N(C)CC([O-])(c1ccccc1)c1ccccc1.[Ti+4]. The summed E-state index contributed by atoms with van der Waals surface area (Å²) in [6, 6.07) is 55.7. The summed E-state index contributed by atoms with van der Waals surface area (Å²) < 4.78 is 0. The van der Waals surface area contributed by atoms with E-state index in [0.29, 0.717) is 22.3 Å². The second kappa shape index (κ2) is 20.6. The average Bonchev–Trinajstić information content (AvgIpc) is 3.24. The van der Waals surface area contributed by atoms with E-state index in [4.69, 9.17) is 0 Å². The Hall–Kier alpha value is -4.21. The first-order chi connectivity index (χ1) is 26.0. The number of nitrogens with zero attached hydrogens (tertiary/aromatic N) is 2. The average molecular weight is 767 g/mol. The maximum absolute atomic E-state index is 14.0. The molecule has 0 fully saturated rings. The number of likely N-dealkylation sites (N-methyl/N-ethyl adjacent to an activating group) is 2. The molecule has 4 atom stereocenters. The molecule has 280 valence electrons. The van der Waals surface area contributed by atoms with Gasteiger partial charge in [0.1, 0.15) is 0 Å². The normalized spacial score (nSPS) is 13.9. The van der Waals surface area contributed by atoms with Crippen LogP contribution in [0.5, 0.6) is 0 Å². The third-order valence-corrected chi connectivity index (χ3v) is 10.4. The van der Waals surface area contributed by atoms with Crippen LogP contribution in [-0.2, 0) is 32.9 Å². The van der Waals surface area contributed by atoms with Crippen molar-refractivity contribution in [1.82, 2.24) is 9.80 Å². The molecule has 0 saturated heterocycles. The predicted molar refractivity (Wildman–Crippen MR) is 210 cm³/mol. The van der Waals surface area contributed by atoms with Gasteiger partial charge in [0.25, 0.3) is 0 Å². The molecule has 0 radical (unpaired) electrons. The fourth-order valence-electron chi connectivity index (χ4n) is 6.82. The topological polar surface area (TPSA) is 98.7 Å². The molecule has 0 spiro atoms.